The molecule has 0 unspecified atom stereocenters. The van der Waals surface area contributed by atoms with Gasteiger partial charge in [-0.15, -0.1) is 0 Å². The van der Waals surface area contributed by atoms with E-state index in [2.05, 4.69) is 5.32 Å². The molecule has 0 bridgehead atoms. The van der Waals surface area contributed by atoms with Gasteiger partial charge in [-0.05, 0) is 57.0 Å². The average molecular weight is 438 g/mol. The molecule has 1 aliphatic rings. The average Bonchev–Trinajstić information content (AvgIpc) is 2.71. The van der Waals surface area contributed by atoms with Gasteiger partial charge in [0.1, 0.15) is 5.75 Å². The molecule has 1 aliphatic heterocycles. The molecule has 0 atom stereocenters. The Morgan fingerprint density at radius 2 is 1.80 bits per heavy atom. The summed E-state index contributed by atoms with van der Waals surface area (Å²) < 4.78 is 60.5. The maximum atomic E-state index is 14.0. The van der Waals surface area contributed by atoms with Crippen LogP contribution in [0.1, 0.15) is 43.5 Å². The molecular formula is C21H24F2N2O4S. The van der Waals surface area contributed by atoms with Crippen LogP contribution in [0.3, 0.4) is 0 Å². The van der Waals surface area contributed by atoms with Crippen molar-refractivity contribution in [3.8, 4) is 5.75 Å². The zero-order valence-corrected chi connectivity index (χ0v) is 17.6. The molecular weight excluding hydrogens is 414 g/mol. The van der Waals surface area contributed by atoms with Crippen LogP contribution in [0, 0.1) is 11.6 Å². The fraction of sp³-hybridized carbons (Fsp3) is 0.381. The van der Waals surface area contributed by atoms with Crippen LogP contribution < -0.4 is 10.1 Å². The molecule has 3 rings (SSSR count). The molecule has 0 aromatic heterocycles. The van der Waals surface area contributed by atoms with Gasteiger partial charge >= 0.3 is 0 Å². The largest absolute Gasteiger partial charge is 0.489 e. The Morgan fingerprint density at radius 3 is 2.47 bits per heavy atom. The minimum atomic E-state index is -3.75. The van der Waals surface area contributed by atoms with Crippen molar-refractivity contribution in [2.45, 2.75) is 44.1 Å². The number of carbonyl (C=O) groups is 1. The van der Waals surface area contributed by atoms with Gasteiger partial charge in [0.25, 0.3) is 5.91 Å². The quantitative estimate of drug-likeness (QED) is 0.734. The molecule has 6 nitrogen and oxygen atoms in total. The first-order chi connectivity index (χ1) is 14.2. The molecule has 162 valence electrons. The topological polar surface area (TPSA) is 75.7 Å². The first-order valence-electron chi connectivity index (χ1n) is 9.76. The second kappa shape index (κ2) is 9.09. The SMILES string of the molecule is CC(C)Oc1ccc(S(=O)(=O)N2CCCCC2)cc1NC(=O)c1cccc(F)c1F. The van der Waals surface area contributed by atoms with Gasteiger partial charge in [0.05, 0.1) is 22.3 Å². The van der Waals surface area contributed by atoms with Crippen LogP contribution in [0.2, 0.25) is 0 Å². The molecule has 0 aliphatic carbocycles. The first-order valence-corrected chi connectivity index (χ1v) is 11.2. The van der Waals surface area contributed by atoms with E-state index in [1.165, 1.54) is 28.6 Å². The molecule has 1 heterocycles. The van der Waals surface area contributed by atoms with E-state index in [1.807, 2.05) is 0 Å². The van der Waals surface area contributed by atoms with Gasteiger partial charge in [0.15, 0.2) is 11.6 Å². The fourth-order valence-electron chi connectivity index (χ4n) is 3.25. The summed E-state index contributed by atoms with van der Waals surface area (Å²) in [4.78, 5) is 12.6. The monoisotopic (exact) mass is 438 g/mol. The summed E-state index contributed by atoms with van der Waals surface area (Å²) in [5, 5.41) is 2.46. The molecule has 9 heteroatoms. The van der Waals surface area contributed by atoms with Crippen molar-refractivity contribution in [3.63, 3.8) is 0 Å². The van der Waals surface area contributed by atoms with Crippen molar-refractivity contribution >= 4 is 21.6 Å². The number of amides is 1. The fourth-order valence-corrected chi connectivity index (χ4v) is 4.79. The van der Waals surface area contributed by atoms with Crippen molar-refractivity contribution in [1.82, 2.24) is 4.31 Å². The van der Waals surface area contributed by atoms with Crippen LogP contribution >= 0.6 is 0 Å². The van der Waals surface area contributed by atoms with Crippen LogP contribution in [-0.4, -0.2) is 37.8 Å². The van der Waals surface area contributed by atoms with Crippen molar-refractivity contribution in [2.75, 3.05) is 18.4 Å². The van der Waals surface area contributed by atoms with Crippen molar-refractivity contribution in [1.29, 1.82) is 0 Å². The number of piperidine rings is 1. The van der Waals surface area contributed by atoms with Crippen LogP contribution in [0.15, 0.2) is 41.3 Å². The van der Waals surface area contributed by atoms with E-state index in [1.54, 1.807) is 13.8 Å². The second-order valence-corrected chi connectivity index (χ2v) is 9.28. The molecule has 30 heavy (non-hydrogen) atoms. The highest BCUT2D eigenvalue weighted by Crippen LogP contribution is 2.31. The lowest BCUT2D eigenvalue weighted by atomic mass is 10.2. The van der Waals surface area contributed by atoms with E-state index in [9.17, 15) is 22.0 Å². The number of anilines is 1. The Labute approximate surface area is 174 Å². The Hall–Kier alpha value is -2.52. The lowest BCUT2D eigenvalue weighted by Crippen LogP contribution is -2.35. The normalized spacial score (nSPS) is 15.2. The number of hydrogen-bond acceptors (Lipinski definition) is 4. The van der Waals surface area contributed by atoms with Gasteiger partial charge in [-0.2, -0.15) is 4.31 Å². The Kier molecular flexibility index (Phi) is 6.72. The van der Waals surface area contributed by atoms with Gasteiger partial charge in [0.2, 0.25) is 10.0 Å². The number of benzene rings is 2. The van der Waals surface area contributed by atoms with Crippen molar-refractivity contribution < 1.29 is 26.7 Å². The maximum Gasteiger partial charge on any atom is 0.258 e. The highest BCUT2D eigenvalue weighted by Gasteiger charge is 2.27. The predicted octanol–water partition coefficient (Wildman–Crippen LogP) is 4.18. The third kappa shape index (κ3) is 4.79. The molecule has 1 N–H and O–H groups in total. The minimum Gasteiger partial charge on any atom is -0.489 e. The Morgan fingerprint density at radius 1 is 1.10 bits per heavy atom. The van der Waals surface area contributed by atoms with Gasteiger partial charge < -0.3 is 10.1 Å². The number of sulfonamides is 1. The molecule has 2 aromatic rings. The van der Waals surface area contributed by atoms with Crippen LogP contribution in [-0.2, 0) is 10.0 Å². The molecule has 1 amide bonds. The van der Waals surface area contributed by atoms with Crippen molar-refractivity contribution in [3.05, 3.63) is 53.6 Å². The molecule has 0 spiro atoms. The summed E-state index contributed by atoms with van der Waals surface area (Å²) in [5.74, 6) is -3.11. The summed E-state index contributed by atoms with van der Waals surface area (Å²) in [5.41, 5.74) is -0.426. The molecule has 0 saturated carbocycles. The van der Waals surface area contributed by atoms with Crippen molar-refractivity contribution in [2.24, 2.45) is 0 Å². The van der Waals surface area contributed by atoms with E-state index >= 15 is 0 Å². The van der Waals surface area contributed by atoms with E-state index in [0.717, 1.165) is 31.4 Å². The summed E-state index contributed by atoms with van der Waals surface area (Å²) in [6.07, 6.45) is 2.30. The number of ether oxygens (including phenoxy) is 1. The van der Waals surface area contributed by atoms with Gasteiger partial charge in [-0.25, -0.2) is 17.2 Å². The number of carbonyl (C=O) groups excluding carboxylic acids is 1. The Balaban J connectivity index is 1.97. The zero-order chi connectivity index (χ0) is 21.9. The van der Waals surface area contributed by atoms with Crippen LogP contribution in [0.5, 0.6) is 5.75 Å². The van der Waals surface area contributed by atoms with E-state index in [4.69, 9.17) is 4.74 Å². The molecule has 0 radical (unpaired) electrons. The molecule has 2 aromatic carbocycles. The van der Waals surface area contributed by atoms with Crippen LogP contribution in [0.25, 0.3) is 0 Å². The summed E-state index contributed by atoms with van der Waals surface area (Å²) in [6, 6.07) is 7.43. The highest BCUT2D eigenvalue weighted by molar-refractivity contribution is 7.89. The number of halogens is 2. The van der Waals surface area contributed by atoms with Gasteiger partial charge in [-0.3, -0.25) is 4.79 Å². The Bertz CT molecular complexity index is 1040. The number of rotatable bonds is 6. The second-order valence-electron chi connectivity index (χ2n) is 7.34. The van der Waals surface area contributed by atoms with E-state index in [-0.39, 0.29) is 22.4 Å². The summed E-state index contributed by atoms with van der Waals surface area (Å²) in [6.45, 7) is 4.41. The standard InChI is InChI=1S/C21H24F2N2O4S/c1-14(2)29-19-10-9-15(30(27,28)25-11-4-3-5-12-25)13-18(19)24-21(26)16-7-6-8-17(22)20(16)23/h6-10,13-14H,3-5,11-12H2,1-2H3,(H,24,26). The lowest BCUT2D eigenvalue weighted by Gasteiger charge is -2.26. The minimum absolute atomic E-state index is 0.00415. The van der Waals surface area contributed by atoms with Gasteiger partial charge in [-0.1, -0.05) is 12.5 Å². The zero-order valence-electron chi connectivity index (χ0n) is 16.8. The molecule has 1 saturated heterocycles. The highest BCUT2D eigenvalue weighted by atomic mass is 32.2. The molecule has 1 fully saturated rings. The van der Waals surface area contributed by atoms with E-state index < -0.39 is 33.1 Å². The predicted molar refractivity (Wildman–Crippen MR) is 109 cm³/mol. The smallest absolute Gasteiger partial charge is 0.258 e. The summed E-state index contributed by atoms with van der Waals surface area (Å²) >= 11 is 0. The van der Waals surface area contributed by atoms with Gasteiger partial charge in [0, 0.05) is 13.1 Å². The number of nitrogens with one attached hydrogen (secondary N) is 1. The number of hydrogen-bond donors (Lipinski definition) is 1. The summed E-state index contributed by atoms with van der Waals surface area (Å²) in [7, 11) is -3.75. The maximum absolute atomic E-state index is 14.0. The lowest BCUT2D eigenvalue weighted by molar-refractivity contribution is 0.102. The van der Waals surface area contributed by atoms with Crippen LogP contribution in [0.4, 0.5) is 14.5 Å². The number of nitrogens with zero attached hydrogens (tertiary/aromatic N) is 1. The third-order valence-electron chi connectivity index (χ3n) is 4.71. The third-order valence-corrected chi connectivity index (χ3v) is 6.61. The van der Waals surface area contributed by atoms with E-state index in [0.29, 0.717) is 13.1 Å². The first kappa shape index (κ1) is 22.2.